The molecule has 2 fully saturated rings. The summed E-state index contributed by atoms with van der Waals surface area (Å²) in [4.78, 5) is 26.9. The molecule has 174 valence electrons. The van der Waals surface area contributed by atoms with E-state index < -0.39 is 17.2 Å². The minimum Gasteiger partial charge on any atom is -0.483 e. The molecule has 3 heterocycles. The summed E-state index contributed by atoms with van der Waals surface area (Å²) in [7, 11) is 0. The van der Waals surface area contributed by atoms with Gasteiger partial charge in [-0.05, 0) is 26.2 Å². The minimum absolute atomic E-state index is 0.0552. The maximum Gasteiger partial charge on any atom is 0.324 e. The lowest BCUT2D eigenvalue weighted by Gasteiger charge is -2.53. The van der Waals surface area contributed by atoms with E-state index in [4.69, 9.17) is 19.2 Å². The number of aliphatic hydroxyl groups is 1. The summed E-state index contributed by atoms with van der Waals surface area (Å²) in [5.74, 6) is 0.505. The van der Waals surface area contributed by atoms with Gasteiger partial charge in [0.05, 0.1) is 11.1 Å². The lowest BCUT2D eigenvalue weighted by molar-refractivity contribution is -0.198. The Balaban J connectivity index is 0.000000913. The number of amides is 1. The number of hydrogen-bond donors (Lipinski definition) is 3. The van der Waals surface area contributed by atoms with Crippen molar-refractivity contribution in [3.63, 3.8) is 0 Å². The topological polar surface area (TPSA) is 138 Å². The van der Waals surface area contributed by atoms with Gasteiger partial charge in [-0.3, -0.25) is 9.59 Å². The standard InChI is InChI=1S/C21H28N4O4.CH2O2/c1-3-16(26)23-20(2)11-14-28-21(18(20)27)9-12-25(13-10-21)19-22-17(24-29-19)15-7-5-4-6-8-15;2-1-3/h4-8,18,27H,3,9-14H2,1-2H3,(H,23,26);1H,(H,2,3)/t18-,20+;/m1./s1. The van der Waals surface area contributed by atoms with Gasteiger partial charge in [0, 0.05) is 31.7 Å². The lowest BCUT2D eigenvalue weighted by Crippen LogP contribution is -2.69. The second-order valence-electron chi connectivity index (χ2n) is 8.24. The Hall–Kier alpha value is -2.98. The number of benzene rings is 1. The van der Waals surface area contributed by atoms with Crippen LogP contribution in [-0.2, 0) is 14.3 Å². The third-order valence-electron chi connectivity index (χ3n) is 6.19. The van der Waals surface area contributed by atoms with E-state index in [2.05, 4.69) is 15.5 Å². The van der Waals surface area contributed by atoms with Gasteiger partial charge in [0.25, 0.3) is 6.47 Å². The average Bonchev–Trinajstić information content (AvgIpc) is 3.29. The maximum absolute atomic E-state index is 12.0. The minimum atomic E-state index is -0.774. The van der Waals surface area contributed by atoms with Gasteiger partial charge in [0.2, 0.25) is 11.7 Å². The van der Waals surface area contributed by atoms with Crippen LogP contribution in [0, 0.1) is 0 Å². The zero-order valence-corrected chi connectivity index (χ0v) is 18.4. The highest BCUT2D eigenvalue weighted by Gasteiger charge is 2.54. The maximum atomic E-state index is 12.0. The molecule has 2 aliphatic rings. The Kier molecular flexibility index (Phi) is 7.47. The molecule has 0 saturated carbocycles. The normalized spacial score (nSPS) is 24.3. The number of aliphatic hydroxyl groups excluding tert-OH is 1. The van der Waals surface area contributed by atoms with Gasteiger partial charge in [-0.15, -0.1) is 0 Å². The van der Waals surface area contributed by atoms with Crippen molar-refractivity contribution in [3.8, 4) is 11.4 Å². The summed E-state index contributed by atoms with van der Waals surface area (Å²) >= 11 is 0. The number of ether oxygens (including phenoxy) is 1. The van der Waals surface area contributed by atoms with Crippen LogP contribution in [0.3, 0.4) is 0 Å². The summed E-state index contributed by atoms with van der Waals surface area (Å²) in [6, 6.07) is 10.2. The molecule has 32 heavy (non-hydrogen) atoms. The highest BCUT2D eigenvalue weighted by molar-refractivity contribution is 5.76. The van der Waals surface area contributed by atoms with Crippen LogP contribution in [0.25, 0.3) is 11.4 Å². The number of nitrogens with zero attached hydrogens (tertiary/aromatic N) is 3. The molecule has 0 radical (unpaired) electrons. The molecular formula is C22H30N4O6. The van der Waals surface area contributed by atoms with Crippen LogP contribution in [0.15, 0.2) is 34.9 Å². The first kappa shape index (κ1) is 23.7. The van der Waals surface area contributed by atoms with Gasteiger partial charge in [0.1, 0.15) is 6.10 Å². The van der Waals surface area contributed by atoms with Crippen LogP contribution in [0.1, 0.15) is 39.5 Å². The number of piperidine rings is 1. The molecule has 2 saturated heterocycles. The summed E-state index contributed by atoms with van der Waals surface area (Å²) < 4.78 is 11.6. The summed E-state index contributed by atoms with van der Waals surface area (Å²) in [5, 5.41) is 25.1. The molecule has 10 nitrogen and oxygen atoms in total. The number of carbonyl (C=O) groups excluding carboxylic acids is 1. The fraction of sp³-hybridized carbons (Fsp3) is 0.545. The Morgan fingerprint density at radius 3 is 2.56 bits per heavy atom. The summed E-state index contributed by atoms with van der Waals surface area (Å²) in [6.07, 6.45) is 1.45. The van der Waals surface area contributed by atoms with Gasteiger partial charge in [-0.25, -0.2) is 0 Å². The molecular weight excluding hydrogens is 416 g/mol. The second kappa shape index (κ2) is 10.1. The van der Waals surface area contributed by atoms with Gasteiger partial charge < -0.3 is 29.7 Å². The van der Waals surface area contributed by atoms with Crippen LogP contribution in [0.2, 0.25) is 0 Å². The van der Waals surface area contributed by atoms with Gasteiger partial charge in [0.15, 0.2) is 0 Å². The van der Waals surface area contributed by atoms with Crippen molar-refractivity contribution in [1.82, 2.24) is 15.5 Å². The van der Waals surface area contributed by atoms with E-state index in [0.717, 1.165) is 5.56 Å². The first-order valence-electron chi connectivity index (χ1n) is 10.7. The Morgan fingerprint density at radius 2 is 1.94 bits per heavy atom. The molecule has 0 unspecified atom stereocenters. The Morgan fingerprint density at radius 1 is 1.28 bits per heavy atom. The lowest BCUT2D eigenvalue weighted by atomic mass is 9.73. The van der Waals surface area contributed by atoms with E-state index in [1.165, 1.54) is 0 Å². The molecule has 1 spiro atoms. The number of nitrogens with one attached hydrogen (secondary N) is 1. The second-order valence-corrected chi connectivity index (χ2v) is 8.24. The van der Waals surface area contributed by atoms with Gasteiger partial charge >= 0.3 is 6.01 Å². The van der Waals surface area contributed by atoms with Gasteiger partial charge in [-0.2, -0.15) is 4.98 Å². The molecule has 1 amide bonds. The molecule has 0 aliphatic carbocycles. The molecule has 3 N–H and O–H groups in total. The Labute approximate surface area is 186 Å². The van der Waals surface area contributed by atoms with Crippen LogP contribution in [0.5, 0.6) is 0 Å². The number of hydrogen-bond acceptors (Lipinski definition) is 8. The molecule has 1 aromatic heterocycles. The number of anilines is 1. The van der Waals surface area contributed by atoms with Crippen molar-refractivity contribution in [2.75, 3.05) is 24.6 Å². The van der Waals surface area contributed by atoms with Crippen molar-refractivity contribution in [2.45, 2.75) is 56.8 Å². The van der Waals surface area contributed by atoms with Crippen LogP contribution < -0.4 is 10.2 Å². The fourth-order valence-corrected chi connectivity index (χ4v) is 4.34. The molecule has 2 atom stereocenters. The predicted molar refractivity (Wildman–Crippen MR) is 116 cm³/mol. The van der Waals surface area contributed by atoms with Crippen molar-refractivity contribution in [1.29, 1.82) is 0 Å². The van der Waals surface area contributed by atoms with Crippen LogP contribution in [-0.4, -0.2) is 69.7 Å². The highest BCUT2D eigenvalue weighted by Crippen LogP contribution is 2.40. The fourth-order valence-electron chi connectivity index (χ4n) is 4.34. The monoisotopic (exact) mass is 446 g/mol. The highest BCUT2D eigenvalue weighted by atomic mass is 16.5. The smallest absolute Gasteiger partial charge is 0.324 e. The molecule has 4 rings (SSSR count). The molecule has 1 aromatic carbocycles. The molecule has 2 aliphatic heterocycles. The summed E-state index contributed by atoms with van der Waals surface area (Å²) in [5.41, 5.74) is -0.449. The first-order chi connectivity index (χ1) is 15.4. The van der Waals surface area contributed by atoms with E-state index in [0.29, 0.717) is 57.2 Å². The first-order valence-corrected chi connectivity index (χ1v) is 10.7. The zero-order valence-electron chi connectivity index (χ0n) is 18.4. The largest absolute Gasteiger partial charge is 0.483 e. The predicted octanol–water partition coefficient (Wildman–Crippen LogP) is 1.84. The number of aromatic nitrogens is 2. The summed E-state index contributed by atoms with van der Waals surface area (Å²) in [6.45, 7) is 5.24. The van der Waals surface area contributed by atoms with Crippen LogP contribution in [0.4, 0.5) is 6.01 Å². The number of carboxylic acid groups (broad SMARTS) is 1. The molecule has 2 aromatic rings. The zero-order chi connectivity index (χ0) is 23.2. The van der Waals surface area contributed by atoms with Crippen molar-refractivity contribution >= 4 is 18.4 Å². The molecule has 10 heteroatoms. The van der Waals surface area contributed by atoms with E-state index in [1.54, 1.807) is 0 Å². The quantitative estimate of drug-likeness (QED) is 0.601. The van der Waals surface area contributed by atoms with Crippen LogP contribution >= 0.6 is 0 Å². The van der Waals surface area contributed by atoms with E-state index in [9.17, 15) is 9.90 Å². The SMILES string of the molecule is CCC(=O)N[C@@]1(C)CCOC2(CCN(c3nc(-c4ccccc4)no3)CC2)[C@@H]1O.O=CO. The number of carbonyl (C=O) groups is 2. The van der Waals surface area contributed by atoms with E-state index in [-0.39, 0.29) is 12.4 Å². The Bertz CT molecular complexity index is 897. The number of rotatable bonds is 4. The third-order valence-corrected chi connectivity index (χ3v) is 6.19. The van der Waals surface area contributed by atoms with Crippen molar-refractivity contribution < 1.29 is 29.1 Å². The average molecular weight is 447 g/mol. The third kappa shape index (κ3) is 4.91. The molecule has 0 bridgehead atoms. The van der Waals surface area contributed by atoms with E-state index in [1.807, 2.05) is 49.1 Å². The van der Waals surface area contributed by atoms with Crippen molar-refractivity contribution in [3.05, 3.63) is 30.3 Å². The van der Waals surface area contributed by atoms with Gasteiger partial charge in [-0.1, -0.05) is 42.4 Å². The van der Waals surface area contributed by atoms with E-state index >= 15 is 0 Å². The van der Waals surface area contributed by atoms with Crippen molar-refractivity contribution in [2.24, 2.45) is 0 Å².